The molecule has 2 saturated heterocycles. The number of carbonyl (C=O) groups excluding carboxylic acids is 1. The third-order valence-corrected chi connectivity index (χ3v) is 5.61. The van der Waals surface area contributed by atoms with Crippen LogP contribution in [-0.2, 0) is 19.3 Å². The largest absolute Gasteiger partial charge is 0.350 e. The lowest BCUT2D eigenvalue weighted by molar-refractivity contribution is -0.0791. The van der Waals surface area contributed by atoms with Crippen molar-refractivity contribution in [2.24, 2.45) is 5.92 Å². The van der Waals surface area contributed by atoms with Gasteiger partial charge < -0.3 is 19.7 Å². The summed E-state index contributed by atoms with van der Waals surface area (Å²) < 4.78 is 58.6. The zero-order valence-electron chi connectivity index (χ0n) is 13.2. The highest BCUT2D eigenvalue weighted by molar-refractivity contribution is 7.91. The van der Waals surface area contributed by atoms with Crippen molar-refractivity contribution in [1.29, 1.82) is 0 Å². The minimum Gasteiger partial charge on any atom is -0.350 e. The van der Waals surface area contributed by atoms with Gasteiger partial charge in [-0.05, 0) is 30.7 Å². The van der Waals surface area contributed by atoms with Crippen molar-refractivity contribution < 1.29 is 31.5 Å². The van der Waals surface area contributed by atoms with E-state index in [-0.39, 0.29) is 18.2 Å². The Morgan fingerprint density at radius 3 is 2.44 bits per heavy atom. The molecule has 0 aliphatic carbocycles. The molecule has 1 atom stereocenters. The van der Waals surface area contributed by atoms with Gasteiger partial charge in [-0.15, -0.1) is 0 Å². The molecule has 1 aromatic carbocycles. The van der Waals surface area contributed by atoms with E-state index in [0.29, 0.717) is 32.0 Å². The van der Waals surface area contributed by atoms with Crippen molar-refractivity contribution in [3.63, 3.8) is 0 Å². The summed E-state index contributed by atoms with van der Waals surface area (Å²) in [6, 6.07) is 4.31. The third-order valence-electron chi connectivity index (χ3n) is 4.21. The van der Waals surface area contributed by atoms with Crippen LogP contribution in [0.15, 0.2) is 29.2 Å². The number of nitrogens with one attached hydrogen (secondary N) is 1. The second-order valence-electron chi connectivity index (χ2n) is 5.86. The molecule has 138 valence electrons. The topological polar surface area (TPSA) is 84.9 Å². The van der Waals surface area contributed by atoms with Crippen molar-refractivity contribution in [2.45, 2.75) is 23.4 Å². The number of alkyl halides is 2. The third kappa shape index (κ3) is 3.91. The quantitative estimate of drug-likeness (QED) is 0.868. The van der Waals surface area contributed by atoms with Gasteiger partial charge in [-0.2, -0.15) is 8.78 Å². The first-order chi connectivity index (χ1) is 11.9. The van der Waals surface area contributed by atoms with E-state index < -0.39 is 20.5 Å². The monoisotopic (exact) mass is 376 g/mol. The van der Waals surface area contributed by atoms with Crippen molar-refractivity contribution in [1.82, 2.24) is 4.90 Å². The first-order valence-electron chi connectivity index (χ1n) is 7.79. The van der Waals surface area contributed by atoms with Crippen LogP contribution in [0.5, 0.6) is 0 Å². The van der Waals surface area contributed by atoms with Gasteiger partial charge in [-0.25, -0.2) is 13.2 Å². The fraction of sp³-hybridized carbons (Fsp3) is 0.533. The number of urea groups is 1. The van der Waals surface area contributed by atoms with Crippen molar-refractivity contribution in [3.8, 4) is 0 Å². The van der Waals surface area contributed by atoms with Gasteiger partial charge in [-0.1, -0.05) is 0 Å². The number of nitrogens with zero attached hydrogens (tertiary/aromatic N) is 1. The maximum Gasteiger partial charge on any atom is 0.341 e. The number of likely N-dealkylation sites (tertiary alicyclic amines) is 1. The van der Waals surface area contributed by atoms with Crippen LogP contribution in [0.1, 0.15) is 6.42 Å². The van der Waals surface area contributed by atoms with Gasteiger partial charge in [0.25, 0.3) is 0 Å². The van der Waals surface area contributed by atoms with Crippen molar-refractivity contribution in [2.75, 3.05) is 31.6 Å². The second-order valence-corrected chi connectivity index (χ2v) is 7.78. The number of benzene rings is 1. The number of sulfone groups is 1. The summed E-state index contributed by atoms with van der Waals surface area (Å²) in [6.45, 7) is 2.16. The number of amides is 2. The highest BCUT2D eigenvalue weighted by Crippen LogP contribution is 2.26. The summed E-state index contributed by atoms with van der Waals surface area (Å²) in [5, 5.41) is 2.63. The fourth-order valence-corrected chi connectivity index (χ4v) is 3.60. The Labute approximate surface area is 143 Å². The molecular formula is C15H18F2N2O5S. The molecule has 2 aliphatic heterocycles. The summed E-state index contributed by atoms with van der Waals surface area (Å²) >= 11 is 0. The van der Waals surface area contributed by atoms with Gasteiger partial charge in [0.1, 0.15) is 0 Å². The van der Waals surface area contributed by atoms with E-state index in [4.69, 9.17) is 9.47 Å². The SMILES string of the molecule is O=C(Nc1ccc(S(=O)(=O)C(F)F)cc1)N1CCC(C2OCCO2)C1. The predicted molar refractivity (Wildman–Crippen MR) is 84.0 cm³/mol. The molecule has 0 radical (unpaired) electrons. The van der Waals surface area contributed by atoms with E-state index in [9.17, 15) is 22.0 Å². The molecule has 2 amide bonds. The molecule has 2 aliphatic rings. The number of carbonyl (C=O) groups is 1. The minimum absolute atomic E-state index is 0.117. The van der Waals surface area contributed by atoms with Gasteiger partial charge >= 0.3 is 11.8 Å². The summed E-state index contributed by atoms with van der Waals surface area (Å²) in [6.07, 6.45) is 0.487. The molecule has 3 rings (SSSR count). The Hall–Kier alpha value is -1.78. The number of rotatable bonds is 4. The molecule has 10 heteroatoms. The Morgan fingerprint density at radius 2 is 1.84 bits per heavy atom. The second kappa shape index (κ2) is 7.22. The van der Waals surface area contributed by atoms with E-state index in [0.717, 1.165) is 18.6 Å². The van der Waals surface area contributed by atoms with Gasteiger partial charge in [-0.3, -0.25) is 0 Å². The smallest absolute Gasteiger partial charge is 0.341 e. The number of ether oxygens (including phenoxy) is 2. The van der Waals surface area contributed by atoms with Crippen LogP contribution in [0, 0.1) is 5.92 Å². The Morgan fingerprint density at radius 1 is 1.20 bits per heavy atom. The summed E-state index contributed by atoms with van der Waals surface area (Å²) in [4.78, 5) is 13.4. The van der Waals surface area contributed by atoms with Crippen LogP contribution in [0.3, 0.4) is 0 Å². The highest BCUT2D eigenvalue weighted by atomic mass is 32.2. The molecule has 7 nitrogen and oxygen atoms in total. The molecule has 0 bridgehead atoms. The van der Waals surface area contributed by atoms with E-state index in [1.807, 2.05) is 0 Å². The Bertz CT molecular complexity index is 720. The fourth-order valence-electron chi connectivity index (χ4n) is 2.88. The first-order valence-corrected chi connectivity index (χ1v) is 9.34. The van der Waals surface area contributed by atoms with Crippen LogP contribution in [0.25, 0.3) is 0 Å². The van der Waals surface area contributed by atoms with Crippen LogP contribution in [0.2, 0.25) is 0 Å². The standard InChI is InChI=1S/C15H18F2N2O5S/c16-14(17)25(21,22)12-3-1-11(2-4-12)18-15(20)19-6-5-10(9-19)13-23-7-8-24-13/h1-4,10,13-14H,5-9H2,(H,18,20). The predicted octanol–water partition coefficient (Wildman–Crippen LogP) is 1.91. The summed E-state index contributed by atoms with van der Waals surface area (Å²) in [5.41, 5.74) is 0.329. The molecule has 0 spiro atoms. The lowest BCUT2D eigenvalue weighted by Gasteiger charge is -2.19. The molecule has 2 heterocycles. The molecule has 25 heavy (non-hydrogen) atoms. The maximum atomic E-state index is 12.5. The van der Waals surface area contributed by atoms with Crippen molar-refractivity contribution >= 4 is 21.6 Å². The zero-order valence-corrected chi connectivity index (χ0v) is 14.0. The molecule has 1 aromatic rings. The van der Waals surface area contributed by atoms with Crippen LogP contribution < -0.4 is 5.32 Å². The van der Waals surface area contributed by atoms with Crippen molar-refractivity contribution in [3.05, 3.63) is 24.3 Å². The zero-order chi connectivity index (χ0) is 18.0. The summed E-state index contributed by atoms with van der Waals surface area (Å²) in [5.74, 6) is -3.36. The molecule has 0 saturated carbocycles. The first kappa shape index (κ1) is 18.0. The van der Waals surface area contributed by atoms with E-state index in [1.54, 1.807) is 4.90 Å². The highest BCUT2D eigenvalue weighted by Gasteiger charge is 2.35. The lowest BCUT2D eigenvalue weighted by atomic mass is 10.1. The molecule has 2 fully saturated rings. The number of halogens is 2. The van der Waals surface area contributed by atoms with Crippen LogP contribution >= 0.6 is 0 Å². The lowest BCUT2D eigenvalue weighted by Crippen LogP contribution is -2.34. The normalized spacial score (nSPS) is 21.9. The molecule has 1 N–H and O–H groups in total. The van der Waals surface area contributed by atoms with Gasteiger partial charge in [0.15, 0.2) is 6.29 Å². The number of hydrogen-bond acceptors (Lipinski definition) is 5. The average molecular weight is 376 g/mol. The summed E-state index contributed by atoms with van der Waals surface area (Å²) in [7, 11) is -4.64. The Kier molecular flexibility index (Phi) is 5.21. The van der Waals surface area contributed by atoms with Crippen LogP contribution in [0.4, 0.5) is 19.3 Å². The van der Waals surface area contributed by atoms with Gasteiger partial charge in [0, 0.05) is 24.7 Å². The number of anilines is 1. The van der Waals surface area contributed by atoms with E-state index >= 15 is 0 Å². The van der Waals surface area contributed by atoms with E-state index in [1.165, 1.54) is 12.1 Å². The van der Waals surface area contributed by atoms with E-state index in [2.05, 4.69) is 5.32 Å². The Balaban J connectivity index is 1.58. The van der Waals surface area contributed by atoms with Gasteiger partial charge in [0.2, 0.25) is 9.84 Å². The maximum absolute atomic E-state index is 12.5. The molecular weight excluding hydrogens is 358 g/mol. The molecule has 0 aromatic heterocycles. The molecule has 1 unspecified atom stereocenters. The van der Waals surface area contributed by atoms with Crippen LogP contribution in [-0.4, -0.2) is 57.7 Å². The van der Waals surface area contributed by atoms with Gasteiger partial charge in [0.05, 0.1) is 18.1 Å². The minimum atomic E-state index is -4.64. The average Bonchev–Trinajstić information content (AvgIpc) is 3.26. The number of hydrogen-bond donors (Lipinski definition) is 1.